The molecule has 0 fully saturated rings. The number of aryl methyl sites for hydroxylation is 1. The zero-order chi connectivity index (χ0) is 20.1. The quantitative estimate of drug-likeness (QED) is 0.538. The Kier molecular flexibility index (Phi) is 6.41. The molecular formula is C20H24N4O3S. The van der Waals surface area contributed by atoms with Gasteiger partial charge in [0.15, 0.2) is 16.7 Å². The van der Waals surface area contributed by atoms with Crippen LogP contribution in [-0.2, 0) is 17.9 Å². The van der Waals surface area contributed by atoms with Crippen LogP contribution in [0.1, 0.15) is 18.1 Å². The Balaban J connectivity index is 1.65. The van der Waals surface area contributed by atoms with Crippen LogP contribution in [0.5, 0.6) is 5.75 Å². The van der Waals surface area contributed by atoms with Crippen LogP contribution < -0.4 is 4.74 Å². The van der Waals surface area contributed by atoms with Crippen molar-refractivity contribution in [2.45, 2.75) is 32.1 Å². The third-order valence-electron chi connectivity index (χ3n) is 4.37. The van der Waals surface area contributed by atoms with Gasteiger partial charge in [-0.25, -0.2) is 0 Å². The van der Waals surface area contributed by atoms with Crippen LogP contribution in [0.4, 0.5) is 0 Å². The first kappa shape index (κ1) is 20.0. The highest BCUT2D eigenvalue weighted by Crippen LogP contribution is 2.25. The molecule has 28 heavy (non-hydrogen) atoms. The average molecular weight is 401 g/mol. The van der Waals surface area contributed by atoms with Crippen LogP contribution in [0.3, 0.4) is 0 Å². The van der Waals surface area contributed by atoms with E-state index in [0.29, 0.717) is 29.8 Å². The van der Waals surface area contributed by atoms with Crippen molar-refractivity contribution in [3.8, 4) is 17.3 Å². The van der Waals surface area contributed by atoms with E-state index in [1.807, 2.05) is 48.7 Å². The van der Waals surface area contributed by atoms with E-state index in [2.05, 4.69) is 10.2 Å². The lowest BCUT2D eigenvalue weighted by Crippen LogP contribution is -2.28. The summed E-state index contributed by atoms with van der Waals surface area (Å²) in [6, 6.07) is 9.62. The van der Waals surface area contributed by atoms with Crippen LogP contribution in [0.15, 0.2) is 46.2 Å². The minimum atomic E-state index is 0.0127. The van der Waals surface area contributed by atoms with Crippen molar-refractivity contribution in [2.24, 2.45) is 0 Å². The van der Waals surface area contributed by atoms with Gasteiger partial charge in [0.2, 0.25) is 5.91 Å². The molecule has 0 bridgehead atoms. The number of thioether (sulfide) groups is 1. The van der Waals surface area contributed by atoms with Crippen LogP contribution in [-0.4, -0.2) is 45.5 Å². The molecule has 0 N–H and O–H groups in total. The fourth-order valence-electron chi connectivity index (χ4n) is 2.88. The van der Waals surface area contributed by atoms with Crippen molar-refractivity contribution in [3.63, 3.8) is 0 Å². The van der Waals surface area contributed by atoms with Crippen LogP contribution in [0.25, 0.3) is 11.6 Å². The number of amides is 1. The molecule has 0 spiro atoms. The summed E-state index contributed by atoms with van der Waals surface area (Å²) in [4.78, 5) is 14.3. The Morgan fingerprint density at radius 3 is 2.82 bits per heavy atom. The SMILES string of the molecule is CCn1c(SCC(=O)N(C)Cc2cc(C)ccc2OC)nnc1-c1ccco1. The van der Waals surface area contributed by atoms with E-state index in [0.717, 1.165) is 16.9 Å². The van der Waals surface area contributed by atoms with E-state index in [1.165, 1.54) is 11.8 Å². The Morgan fingerprint density at radius 1 is 1.32 bits per heavy atom. The van der Waals surface area contributed by atoms with Gasteiger partial charge in [-0.05, 0) is 32.0 Å². The number of methoxy groups -OCH3 is 1. The third-order valence-corrected chi connectivity index (χ3v) is 5.32. The maximum absolute atomic E-state index is 12.6. The van der Waals surface area contributed by atoms with Gasteiger partial charge < -0.3 is 14.1 Å². The summed E-state index contributed by atoms with van der Waals surface area (Å²) in [5.74, 6) is 2.41. The maximum atomic E-state index is 12.6. The molecule has 2 aromatic heterocycles. The first-order valence-corrected chi connectivity index (χ1v) is 9.99. The number of furan rings is 1. The van der Waals surface area contributed by atoms with E-state index in [-0.39, 0.29) is 11.7 Å². The summed E-state index contributed by atoms with van der Waals surface area (Å²) < 4.78 is 12.8. The fourth-order valence-corrected chi connectivity index (χ4v) is 3.82. The Morgan fingerprint density at radius 2 is 2.14 bits per heavy atom. The standard InChI is InChI=1S/C20H24N4O3S/c1-5-24-19(17-7-6-10-27-17)21-22-20(24)28-13-18(25)23(3)12-15-11-14(2)8-9-16(15)26-4/h6-11H,5,12-13H2,1-4H3. The largest absolute Gasteiger partial charge is 0.496 e. The first-order valence-electron chi connectivity index (χ1n) is 9.00. The van der Waals surface area contributed by atoms with Crippen molar-refractivity contribution < 1.29 is 13.9 Å². The summed E-state index contributed by atoms with van der Waals surface area (Å²) in [6.07, 6.45) is 1.61. The van der Waals surface area contributed by atoms with E-state index >= 15 is 0 Å². The number of carbonyl (C=O) groups is 1. The lowest BCUT2D eigenvalue weighted by molar-refractivity contribution is -0.127. The predicted octanol–water partition coefficient (Wildman–Crippen LogP) is 3.63. The fraction of sp³-hybridized carbons (Fsp3) is 0.350. The molecule has 3 rings (SSSR count). The highest BCUT2D eigenvalue weighted by atomic mass is 32.2. The van der Waals surface area contributed by atoms with Gasteiger partial charge in [0.25, 0.3) is 0 Å². The van der Waals surface area contributed by atoms with E-state index in [4.69, 9.17) is 9.15 Å². The molecule has 0 saturated carbocycles. The maximum Gasteiger partial charge on any atom is 0.233 e. The smallest absolute Gasteiger partial charge is 0.233 e. The van der Waals surface area contributed by atoms with Gasteiger partial charge in [-0.3, -0.25) is 9.36 Å². The first-order chi connectivity index (χ1) is 13.5. The van der Waals surface area contributed by atoms with Crippen LogP contribution in [0, 0.1) is 6.92 Å². The zero-order valence-electron chi connectivity index (χ0n) is 16.5. The van der Waals surface area contributed by atoms with Gasteiger partial charge in [0.1, 0.15) is 5.75 Å². The van der Waals surface area contributed by atoms with Gasteiger partial charge in [0, 0.05) is 25.7 Å². The average Bonchev–Trinajstić information content (AvgIpc) is 3.35. The minimum Gasteiger partial charge on any atom is -0.496 e. The Hall–Kier alpha value is -2.74. The van der Waals surface area contributed by atoms with Crippen molar-refractivity contribution in [1.29, 1.82) is 0 Å². The van der Waals surface area contributed by atoms with Crippen molar-refractivity contribution >= 4 is 17.7 Å². The Labute approximate surface area is 168 Å². The highest BCUT2D eigenvalue weighted by Gasteiger charge is 2.18. The van der Waals surface area contributed by atoms with E-state index < -0.39 is 0 Å². The molecule has 8 heteroatoms. The number of nitrogens with zero attached hydrogens (tertiary/aromatic N) is 4. The normalized spacial score (nSPS) is 10.9. The van der Waals surface area contributed by atoms with Crippen molar-refractivity contribution in [3.05, 3.63) is 47.7 Å². The molecule has 1 aromatic carbocycles. The molecule has 0 aliphatic carbocycles. The minimum absolute atomic E-state index is 0.0127. The van der Waals surface area contributed by atoms with E-state index in [1.54, 1.807) is 25.3 Å². The summed E-state index contributed by atoms with van der Waals surface area (Å²) in [5, 5.41) is 9.13. The molecule has 0 aliphatic rings. The number of benzene rings is 1. The molecule has 148 valence electrons. The lowest BCUT2D eigenvalue weighted by atomic mass is 10.1. The summed E-state index contributed by atoms with van der Waals surface area (Å²) in [7, 11) is 3.43. The van der Waals surface area contributed by atoms with Crippen molar-refractivity contribution in [2.75, 3.05) is 19.9 Å². The molecule has 3 aromatic rings. The van der Waals surface area contributed by atoms with Crippen molar-refractivity contribution in [1.82, 2.24) is 19.7 Å². The van der Waals surface area contributed by atoms with Crippen LogP contribution in [0.2, 0.25) is 0 Å². The third kappa shape index (κ3) is 4.39. The molecule has 2 heterocycles. The predicted molar refractivity (Wildman–Crippen MR) is 108 cm³/mol. The number of rotatable bonds is 8. The van der Waals surface area contributed by atoms with Crippen LogP contribution >= 0.6 is 11.8 Å². The molecule has 0 atom stereocenters. The molecule has 0 radical (unpaired) electrons. The van der Waals surface area contributed by atoms with Gasteiger partial charge in [-0.2, -0.15) is 0 Å². The second kappa shape index (κ2) is 8.97. The molecule has 1 amide bonds. The number of ether oxygens (including phenoxy) is 1. The molecule has 0 unspecified atom stereocenters. The van der Waals surface area contributed by atoms with Gasteiger partial charge in [-0.15, -0.1) is 10.2 Å². The molecular weight excluding hydrogens is 376 g/mol. The van der Waals surface area contributed by atoms with E-state index in [9.17, 15) is 4.79 Å². The summed E-state index contributed by atoms with van der Waals surface area (Å²) in [6.45, 7) is 5.21. The Bertz CT molecular complexity index is 937. The second-order valence-corrected chi connectivity index (χ2v) is 7.32. The summed E-state index contributed by atoms with van der Waals surface area (Å²) >= 11 is 1.38. The highest BCUT2D eigenvalue weighted by molar-refractivity contribution is 7.99. The molecule has 0 aliphatic heterocycles. The monoisotopic (exact) mass is 400 g/mol. The number of aromatic nitrogens is 3. The second-order valence-electron chi connectivity index (χ2n) is 6.38. The molecule has 7 nitrogen and oxygen atoms in total. The topological polar surface area (TPSA) is 73.4 Å². The lowest BCUT2D eigenvalue weighted by Gasteiger charge is -2.19. The number of hydrogen-bond donors (Lipinski definition) is 0. The zero-order valence-corrected chi connectivity index (χ0v) is 17.3. The van der Waals surface area contributed by atoms with Gasteiger partial charge in [0.05, 0.1) is 19.1 Å². The number of carbonyl (C=O) groups excluding carboxylic acids is 1. The number of hydrogen-bond acceptors (Lipinski definition) is 6. The molecule has 0 saturated heterocycles. The van der Waals surface area contributed by atoms with Gasteiger partial charge in [-0.1, -0.05) is 29.5 Å². The van der Waals surface area contributed by atoms with Gasteiger partial charge >= 0.3 is 0 Å². The summed E-state index contributed by atoms with van der Waals surface area (Å²) in [5.41, 5.74) is 2.12.